The quantitative estimate of drug-likeness (QED) is 0.0320. The molecule has 0 rings (SSSR count). The molecule has 3 N–H and O–H groups in total. The van der Waals surface area contributed by atoms with Gasteiger partial charge in [-0.15, -0.1) is 0 Å². The molecule has 6 heteroatoms. The molecule has 0 spiro atoms. The Kier molecular flexibility index (Phi) is 63.5. The van der Waals surface area contributed by atoms with Gasteiger partial charge in [-0.3, -0.25) is 9.59 Å². The van der Waals surface area contributed by atoms with Crippen molar-refractivity contribution in [3.8, 4) is 0 Å². The number of aliphatic hydroxyl groups excluding tert-OH is 2. The molecule has 0 saturated heterocycles. The molecule has 2 unspecified atom stereocenters. The van der Waals surface area contributed by atoms with E-state index >= 15 is 0 Å². The van der Waals surface area contributed by atoms with Crippen molar-refractivity contribution in [1.82, 2.24) is 5.32 Å². The fraction of sp³-hybridized carbons (Fsp3) is 0.857. The van der Waals surface area contributed by atoms with Crippen LogP contribution >= 0.6 is 0 Å². The molecule has 0 aromatic carbocycles. The van der Waals surface area contributed by atoms with Gasteiger partial charge in [0.2, 0.25) is 5.91 Å². The van der Waals surface area contributed by atoms with Crippen LogP contribution in [0.3, 0.4) is 0 Å². The molecule has 6 nitrogen and oxygen atoms in total. The van der Waals surface area contributed by atoms with Crippen molar-refractivity contribution < 1.29 is 24.5 Å². The smallest absolute Gasteiger partial charge is 0.305 e. The molecular weight excluding hydrogens is 935 g/mol. The van der Waals surface area contributed by atoms with E-state index in [0.717, 1.165) is 57.8 Å². The van der Waals surface area contributed by atoms with Crippen LogP contribution in [0, 0.1) is 0 Å². The average Bonchev–Trinajstić information content (AvgIpc) is 3.42. The largest absolute Gasteiger partial charge is 0.466 e. The van der Waals surface area contributed by atoms with Crippen LogP contribution in [-0.2, 0) is 14.3 Å². The van der Waals surface area contributed by atoms with Gasteiger partial charge >= 0.3 is 5.97 Å². The zero-order valence-electron chi connectivity index (χ0n) is 51.0. The summed E-state index contributed by atoms with van der Waals surface area (Å²) in [5.41, 5.74) is 0. The van der Waals surface area contributed by atoms with Crippen molar-refractivity contribution in [3.63, 3.8) is 0 Å². The Morgan fingerprint density at radius 1 is 0.368 bits per heavy atom. The van der Waals surface area contributed by atoms with Crippen LogP contribution in [-0.4, -0.2) is 47.4 Å². The van der Waals surface area contributed by atoms with Crippen molar-refractivity contribution in [1.29, 1.82) is 0 Å². The number of esters is 1. The molecule has 0 aliphatic heterocycles. The van der Waals surface area contributed by atoms with Gasteiger partial charge in [-0.05, 0) is 89.9 Å². The van der Waals surface area contributed by atoms with E-state index in [1.54, 1.807) is 6.08 Å². The van der Waals surface area contributed by atoms with E-state index in [1.165, 1.54) is 276 Å². The zero-order valence-corrected chi connectivity index (χ0v) is 51.0. The number of hydrogen-bond donors (Lipinski definition) is 3. The molecule has 2 atom stereocenters. The summed E-state index contributed by atoms with van der Waals surface area (Å²) in [7, 11) is 0. The molecule has 76 heavy (non-hydrogen) atoms. The summed E-state index contributed by atoms with van der Waals surface area (Å²) in [4.78, 5) is 24.6. The molecule has 1 amide bonds. The maximum absolute atomic E-state index is 12.5. The van der Waals surface area contributed by atoms with Crippen LogP contribution in [0.25, 0.3) is 0 Å². The molecule has 0 heterocycles. The van der Waals surface area contributed by atoms with Crippen LogP contribution in [0.2, 0.25) is 0 Å². The molecule has 446 valence electrons. The second kappa shape index (κ2) is 65.3. The number of carbonyl (C=O) groups is 2. The van der Waals surface area contributed by atoms with Gasteiger partial charge in [0.15, 0.2) is 0 Å². The van der Waals surface area contributed by atoms with Crippen LogP contribution in [0.15, 0.2) is 48.6 Å². The number of allylic oxidation sites excluding steroid dienone is 7. The standard InChI is InChI=1S/C70H131NO5/c1-3-5-7-9-11-13-15-17-19-21-30-34-38-42-46-50-54-58-62-68(73)67(66-72)71-69(74)63-59-55-51-47-43-39-35-31-28-26-24-23-25-27-29-33-37-41-45-49-53-57-61-65-76-70(75)64-60-56-52-48-44-40-36-32-22-20-18-16-14-12-10-8-6-4-2/h14,16,20,22,26,28,58,62,67-68,72-73H,3-13,15,17-19,21,23-25,27,29-57,59-61,63-66H2,1-2H3,(H,71,74)/b16-14-,22-20-,28-26-,62-58+. The van der Waals surface area contributed by atoms with Gasteiger partial charge < -0.3 is 20.3 Å². The predicted molar refractivity (Wildman–Crippen MR) is 333 cm³/mol. The first kappa shape index (κ1) is 73.8. The second-order valence-electron chi connectivity index (χ2n) is 23.1. The minimum absolute atomic E-state index is 0.00373. The lowest BCUT2D eigenvalue weighted by molar-refractivity contribution is -0.143. The molecule has 0 aromatic rings. The van der Waals surface area contributed by atoms with Gasteiger partial charge in [0, 0.05) is 12.8 Å². The van der Waals surface area contributed by atoms with E-state index in [4.69, 9.17) is 4.74 Å². The minimum Gasteiger partial charge on any atom is -0.466 e. The van der Waals surface area contributed by atoms with E-state index in [0.29, 0.717) is 19.4 Å². The lowest BCUT2D eigenvalue weighted by atomic mass is 10.0. The Morgan fingerprint density at radius 3 is 1.03 bits per heavy atom. The minimum atomic E-state index is -0.850. The first-order chi connectivity index (χ1) is 37.5. The zero-order chi connectivity index (χ0) is 55.0. The van der Waals surface area contributed by atoms with Gasteiger partial charge in [-0.1, -0.05) is 306 Å². The van der Waals surface area contributed by atoms with Gasteiger partial charge in [-0.25, -0.2) is 0 Å². The number of amides is 1. The number of carbonyl (C=O) groups excluding carboxylic acids is 2. The summed E-state index contributed by atoms with van der Waals surface area (Å²) in [6.07, 6.45) is 84.5. The summed E-state index contributed by atoms with van der Waals surface area (Å²) in [5, 5.41) is 23.2. The van der Waals surface area contributed by atoms with Gasteiger partial charge in [0.25, 0.3) is 0 Å². The number of rotatable bonds is 63. The second-order valence-corrected chi connectivity index (χ2v) is 23.1. The average molecular weight is 1070 g/mol. The third-order valence-electron chi connectivity index (χ3n) is 15.6. The molecule has 0 aromatic heterocycles. The maximum atomic E-state index is 12.5. The van der Waals surface area contributed by atoms with E-state index in [9.17, 15) is 19.8 Å². The van der Waals surface area contributed by atoms with E-state index in [2.05, 4.69) is 55.6 Å². The summed E-state index contributed by atoms with van der Waals surface area (Å²) < 4.78 is 5.50. The third-order valence-corrected chi connectivity index (χ3v) is 15.6. The Balaban J connectivity index is 3.43. The molecule has 0 bridgehead atoms. The van der Waals surface area contributed by atoms with Crippen molar-refractivity contribution >= 4 is 11.9 Å². The summed E-state index contributed by atoms with van der Waals surface area (Å²) >= 11 is 0. The fourth-order valence-electron chi connectivity index (χ4n) is 10.4. The van der Waals surface area contributed by atoms with Crippen LogP contribution in [0.1, 0.15) is 361 Å². The monoisotopic (exact) mass is 1070 g/mol. The van der Waals surface area contributed by atoms with Crippen molar-refractivity contribution in [2.45, 2.75) is 373 Å². The molecular formula is C70H131NO5. The molecule has 0 aliphatic rings. The first-order valence-corrected chi connectivity index (χ1v) is 33.9. The molecule has 0 aliphatic carbocycles. The Morgan fingerprint density at radius 2 is 0.658 bits per heavy atom. The SMILES string of the molecule is CCCCCC/C=C\C/C=C\CCCCCCCCCC(=O)OCCCCCCCCCCCCCC/C=C\CCCCCCCCCC(=O)NC(CO)C(O)/C=C/CCCCCCCCCCCCCCCCCC. The van der Waals surface area contributed by atoms with Crippen molar-refractivity contribution in [3.05, 3.63) is 48.6 Å². The molecule has 0 saturated carbocycles. The van der Waals surface area contributed by atoms with Crippen molar-refractivity contribution in [2.75, 3.05) is 13.2 Å². The summed E-state index contributed by atoms with van der Waals surface area (Å²) in [6, 6.07) is -0.634. The summed E-state index contributed by atoms with van der Waals surface area (Å²) in [5.74, 6) is -0.0686. The Labute approximate surface area is 474 Å². The van der Waals surface area contributed by atoms with E-state index in [-0.39, 0.29) is 18.5 Å². The third kappa shape index (κ3) is 61.0. The number of hydrogen-bond acceptors (Lipinski definition) is 5. The maximum Gasteiger partial charge on any atom is 0.305 e. The lowest BCUT2D eigenvalue weighted by Crippen LogP contribution is -2.45. The van der Waals surface area contributed by atoms with Gasteiger partial charge in [-0.2, -0.15) is 0 Å². The molecule has 0 fully saturated rings. The normalized spacial score (nSPS) is 12.8. The predicted octanol–water partition coefficient (Wildman–Crippen LogP) is 21.7. The highest BCUT2D eigenvalue weighted by molar-refractivity contribution is 5.76. The fourth-order valence-corrected chi connectivity index (χ4v) is 10.4. The Bertz CT molecular complexity index is 1270. The number of nitrogens with one attached hydrogen (secondary N) is 1. The van der Waals surface area contributed by atoms with Crippen LogP contribution in [0.5, 0.6) is 0 Å². The lowest BCUT2D eigenvalue weighted by Gasteiger charge is -2.20. The van der Waals surface area contributed by atoms with Gasteiger partial charge in [0.1, 0.15) is 0 Å². The molecule has 0 radical (unpaired) electrons. The number of unbranched alkanes of at least 4 members (excludes halogenated alkanes) is 46. The highest BCUT2D eigenvalue weighted by Crippen LogP contribution is 2.17. The van der Waals surface area contributed by atoms with E-state index in [1.807, 2.05) is 6.08 Å². The van der Waals surface area contributed by atoms with Crippen LogP contribution in [0.4, 0.5) is 0 Å². The number of aliphatic hydroxyl groups is 2. The number of ether oxygens (including phenoxy) is 1. The van der Waals surface area contributed by atoms with Crippen molar-refractivity contribution in [2.24, 2.45) is 0 Å². The Hall–Kier alpha value is -2.18. The van der Waals surface area contributed by atoms with Crippen LogP contribution < -0.4 is 5.32 Å². The first-order valence-electron chi connectivity index (χ1n) is 33.9. The summed E-state index contributed by atoms with van der Waals surface area (Å²) in [6.45, 7) is 4.90. The topological polar surface area (TPSA) is 95.9 Å². The highest BCUT2D eigenvalue weighted by atomic mass is 16.5. The van der Waals surface area contributed by atoms with E-state index < -0.39 is 12.1 Å². The highest BCUT2D eigenvalue weighted by Gasteiger charge is 2.18. The van der Waals surface area contributed by atoms with Gasteiger partial charge in [0.05, 0.1) is 25.4 Å².